The van der Waals surface area contributed by atoms with Gasteiger partial charge in [0.15, 0.2) is 0 Å². The smallest absolute Gasteiger partial charge is 0.129 e. The Labute approximate surface area is 165 Å². The molecule has 2 aliphatic heterocycles. The lowest BCUT2D eigenvalue weighted by Crippen LogP contribution is -2.45. The molecule has 3 heterocycles. The van der Waals surface area contributed by atoms with Gasteiger partial charge in [-0.2, -0.15) is 5.10 Å². The molecule has 3 aromatic rings. The van der Waals surface area contributed by atoms with Crippen molar-refractivity contribution >= 4 is 5.69 Å². The normalized spacial score (nSPS) is 20.8. The lowest BCUT2D eigenvalue weighted by Gasteiger charge is -2.36. The largest absolute Gasteiger partial charge is 0.488 e. The summed E-state index contributed by atoms with van der Waals surface area (Å²) in [6, 6.07) is 14.4. The highest BCUT2D eigenvalue weighted by molar-refractivity contribution is 5.80. The van der Waals surface area contributed by atoms with Crippen LogP contribution in [0, 0.1) is 0 Å². The van der Waals surface area contributed by atoms with E-state index < -0.39 is 0 Å². The molecule has 2 aliphatic rings. The molecule has 1 aromatic heterocycles. The zero-order valence-electron chi connectivity index (χ0n) is 16.4. The van der Waals surface area contributed by atoms with Crippen molar-refractivity contribution in [3.8, 4) is 28.0 Å². The number of fused-ring (bicyclic) bond motifs is 3. The van der Waals surface area contributed by atoms with E-state index in [1.807, 2.05) is 12.4 Å². The van der Waals surface area contributed by atoms with E-state index in [-0.39, 0.29) is 0 Å². The van der Waals surface area contributed by atoms with Crippen molar-refractivity contribution in [1.82, 2.24) is 15.5 Å². The lowest BCUT2D eigenvalue weighted by atomic mass is 9.93. The van der Waals surface area contributed by atoms with Crippen LogP contribution >= 0.6 is 0 Å². The zero-order chi connectivity index (χ0) is 19.1. The van der Waals surface area contributed by atoms with Gasteiger partial charge in [0.05, 0.1) is 6.20 Å². The lowest BCUT2D eigenvalue weighted by molar-refractivity contribution is 0.302. The van der Waals surface area contributed by atoms with E-state index in [2.05, 4.69) is 70.8 Å². The van der Waals surface area contributed by atoms with Gasteiger partial charge in [0.25, 0.3) is 0 Å². The SMILES string of the molecule is C[C@H]1C[C@H](N(C)c2ccc3c(c2)OCc2cc(-c4cn[nH]c4)ccc2-3)CCN1. The molecule has 0 amide bonds. The third-order valence-corrected chi connectivity index (χ3v) is 6.13. The summed E-state index contributed by atoms with van der Waals surface area (Å²) in [4.78, 5) is 2.42. The van der Waals surface area contributed by atoms with E-state index in [1.54, 1.807) is 0 Å². The number of H-pyrrole nitrogens is 1. The summed E-state index contributed by atoms with van der Waals surface area (Å²) in [7, 11) is 2.21. The summed E-state index contributed by atoms with van der Waals surface area (Å²) in [5.74, 6) is 0.981. The Morgan fingerprint density at radius 1 is 1.11 bits per heavy atom. The van der Waals surface area contributed by atoms with E-state index in [1.165, 1.54) is 35.2 Å². The Morgan fingerprint density at radius 2 is 2.00 bits per heavy atom. The van der Waals surface area contributed by atoms with E-state index in [4.69, 9.17) is 4.74 Å². The van der Waals surface area contributed by atoms with Gasteiger partial charge in [-0.25, -0.2) is 0 Å². The summed E-state index contributed by atoms with van der Waals surface area (Å²) in [5.41, 5.74) is 7.16. The molecule has 0 radical (unpaired) electrons. The monoisotopic (exact) mass is 374 g/mol. The Balaban J connectivity index is 1.44. The van der Waals surface area contributed by atoms with Gasteiger partial charge in [0.1, 0.15) is 12.4 Å². The van der Waals surface area contributed by atoms with E-state index in [0.717, 1.165) is 23.4 Å². The molecule has 0 aliphatic carbocycles. The van der Waals surface area contributed by atoms with Crippen molar-refractivity contribution in [2.45, 2.75) is 38.5 Å². The second-order valence-electron chi connectivity index (χ2n) is 7.97. The topological polar surface area (TPSA) is 53.2 Å². The molecular formula is C23H26N4O. The fraction of sp³-hybridized carbons (Fsp3) is 0.348. The predicted octanol–water partition coefficient (Wildman–Crippen LogP) is 4.21. The summed E-state index contributed by atoms with van der Waals surface area (Å²) >= 11 is 0. The standard InChI is InChI=1S/C23H26N4O/c1-15-9-20(7-8-24-15)27(2)19-4-6-22-21-5-3-16(18-12-25-26-13-18)10-17(21)14-28-23(22)11-19/h3-6,10-13,15,20,24H,7-9,14H2,1-2H3,(H,25,26)/t15-,20+/m0/s1. The molecule has 144 valence electrons. The summed E-state index contributed by atoms with van der Waals surface area (Å²) < 4.78 is 6.16. The maximum absolute atomic E-state index is 6.16. The highest BCUT2D eigenvalue weighted by Crippen LogP contribution is 2.41. The number of nitrogens with zero attached hydrogens (tertiary/aromatic N) is 2. The van der Waals surface area contributed by atoms with Crippen LogP contribution in [0.4, 0.5) is 5.69 Å². The van der Waals surface area contributed by atoms with Crippen molar-refractivity contribution in [2.24, 2.45) is 0 Å². The maximum atomic E-state index is 6.16. The summed E-state index contributed by atoms with van der Waals surface area (Å²) in [5, 5.41) is 10.5. The molecule has 1 fully saturated rings. The van der Waals surface area contributed by atoms with Crippen LogP contribution in [0.15, 0.2) is 48.8 Å². The Kier molecular flexibility index (Phi) is 4.32. The van der Waals surface area contributed by atoms with E-state index in [0.29, 0.717) is 18.7 Å². The first-order valence-corrected chi connectivity index (χ1v) is 10.0. The fourth-order valence-electron chi connectivity index (χ4n) is 4.46. The Morgan fingerprint density at radius 3 is 2.82 bits per heavy atom. The highest BCUT2D eigenvalue weighted by atomic mass is 16.5. The van der Waals surface area contributed by atoms with Gasteiger partial charge in [-0.1, -0.05) is 12.1 Å². The van der Waals surface area contributed by atoms with Crippen molar-refractivity contribution in [1.29, 1.82) is 0 Å². The molecule has 0 bridgehead atoms. The molecule has 0 spiro atoms. The maximum Gasteiger partial charge on any atom is 0.129 e. The predicted molar refractivity (Wildman–Crippen MR) is 113 cm³/mol. The van der Waals surface area contributed by atoms with Gasteiger partial charge >= 0.3 is 0 Å². The van der Waals surface area contributed by atoms with Crippen LogP contribution in [0.3, 0.4) is 0 Å². The number of hydrogen-bond acceptors (Lipinski definition) is 4. The third kappa shape index (κ3) is 3.06. The Hall–Kier alpha value is -2.79. The van der Waals surface area contributed by atoms with Crippen molar-refractivity contribution in [3.05, 3.63) is 54.4 Å². The van der Waals surface area contributed by atoms with Gasteiger partial charge in [-0.05, 0) is 61.2 Å². The van der Waals surface area contributed by atoms with Crippen molar-refractivity contribution in [3.63, 3.8) is 0 Å². The molecule has 2 atom stereocenters. The fourth-order valence-corrected chi connectivity index (χ4v) is 4.46. The first-order valence-electron chi connectivity index (χ1n) is 10.0. The number of nitrogens with one attached hydrogen (secondary N) is 2. The highest BCUT2D eigenvalue weighted by Gasteiger charge is 2.24. The second-order valence-corrected chi connectivity index (χ2v) is 7.97. The van der Waals surface area contributed by atoms with Crippen LogP contribution in [0.5, 0.6) is 5.75 Å². The average molecular weight is 374 g/mol. The molecule has 5 heteroatoms. The molecule has 0 saturated carbocycles. The summed E-state index contributed by atoms with van der Waals surface area (Å²) in [6.07, 6.45) is 6.12. The number of piperidine rings is 1. The van der Waals surface area contributed by atoms with Crippen LogP contribution in [0.2, 0.25) is 0 Å². The van der Waals surface area contributed by atoms with Gasteiger partial charge in [-0.3, -0.25) is 5.10 Å². The van der Waals surface area contributed by atoms with Crippen LogP contribution < -0.4 is 15.0 Å². The van der Waals surface area contributed by atoms with Gasteiger partial charge in [0, 0.05) is 48.2 Å². The molecular weight excluding hydrogens is 348 g/mol. The number of ether oxygens (including phenoxy) is 1. The minimum atomic E-state index is 0.572. The Bertz CT molecular complexity index is 982. The second kappa shape index (κ2) is 6.99. The van der Waals surface area contributed by atoms with E-state index in [9.17, 15) is 0 Å². The van der Waals surface area contributed by atoms with Gasteiger partial charge < -0.3 is 15.0 Å². The zero-order valence-corrected chi connectivity index (χ0v) is 16.4. The number of rotatable bonds is 3. The number of hydrogen-bond donors (Lipinski definition) is 2. The third-order valence-electron chi connectivity index (χ3n) is 6.13. The minimum absolute atomic E-state index is 0.572. The van der Waals surface area contributed by atoms with Crippen molar-refractivity contribution in [2.75, 3.05) is 18.5 Å². The van der Waals surface area contributed by atoms with Gasteiger partial charge in [0.2, 0.25) is 0 Å². The first kappa shape index (κ1) is 17.3. The molecule has 5 nitrogen and oxygen atoms in total. The molecule has 28 heavy (non-hydrogen) atoms. The number of aromatic amines is 1. The number of anilines is 1. The van der Waals surface area contributed by atoms with E-state index >= 15 is 0 Å². The van der Waals surface area contributed by atoms with Crippen LogP contribution in [-0.2, 0) is 6.61 Å². The minimum Gasteiger partial charge on any atom is -0.488 e. The molecule has 1 saturated heterocycles. The van der Waals surface area contributed by atoms with Crippen LogP contribution in [0.25, 0.3) is 22.3 Å². The number of benzene rings is 2. The first-order chi connectivity index (χ1) is 13.7. The van der Waals surface area contributed by atoms with Crippen LogP contribution in [-0.4, -0.2) is 35.9 Å². The molecule has 0 unspecified atom stereocenters. The average Bonchev–Trinajstić information content (AvgIpc) is 3.27. The summed E-state index contributed by atoms with van der Waals surface area (Å²) in [6.45, 7) is 3.96. The molecule has 2 aromatic carbocycles. The molecule has 2 N–H and O–H groups in total. The molecule has 5 rings (SSSR count). The quantitative estimate of drug-likeness (QED) is 0.721. The number of aromatic nitrogens is 2. The van der Waals surface area contributed by atoms with Crippen LogP contribution in [0.1, 0.15) is 25.3 Å². The van der Waals surface area contributed by atoms with Crippen molar-refractivity contribution < 1.29 is 4.74 Å². The van der Waals surface area contributed by atoms with Gasteiger partial charge in [-0.15, -0.1) is 0 Å².